The van der Waals surface area contributed by atoms with E-state index in [4.69, 9.17) is 4.74 Å². The van der Waals surface area contributed by atoms with Gasteiger partial charge < -0.3 is 10.1 Å². The first-order valence-corrected chi connectivity index (χ1v) is 8.11. The van der Waals surface area contributed by atoms with Crippen LogP contribution in [0.1, 0.15) is 17.3 Å². The average molecular weight is 330 g/mol. The van der Waals surface area contributed by atoms with Crippen LogP contribution >= 0.6 is 11.8 Å². The molecule has 120 valence electrons. The first kappa shape index (κ1) is 17.0. The van der Waals surface area contributed by atoms with Crippen molar-refractivity contribution in [2.45, 2.75) is 17.1 Å². The lowest BCUT2D eigenvalue weighted by Gasteiger charge is -2.11. The van der Waals surface area contributed by atoms with Crippen LogP contribution in [-0.4, -0.2) is 35.3 Å². The molecule has 5 nitrogen and oxygen atoms in total. The van der Waals surface area contributed by atoms with E-state index in [1.165, 1.54) is 11.8 Å². The highest BCUT2D eigenvalue weighted by atomic mass is 32.2. The smallest absolute Gasteiger partial charge is 0.319 e. The molecule has 0 saturated heterocycles. The van der Waals surface area contributed by atoms with Crippen LogP contribution in [0, 0.1) is 0 Å². The number of thioether (sulfide) groups is 1. The molecule has 0 radical (unpaired) electrons. The second-order valence-corrected chi connectivity index (χ2v) is 6.15. The molecule has 1 heterocycles. The summed E-state index contributed by atoms with van der Waals surface area (Å²) in [6.45, 7) is 2.22. The Kier molecular flexibility index (Phi) is 6.62. The minimum absolute atomic E-state index is 0.148. The van der Waals surface area contributed by atoms with Gasteiger partial charge in [0.15, 0.2) is 0 Å². The molecule has 1 aromatic carbocycles. The summed E-state index contributed by atoms with van der Waals surface area (Å²) in [6, 6.07) is 12.9. The van der Waals surface area contributed by atoms with Gasteiger partial charge in [-0.25, -0.2) is 0 Å². The zero-order chi connectivity index (χ0) is 16.5. The molecule has 6 heteroatoms. The summed E-state index contributed by atoms with van der Waals surface area (Å²) in [5.74, 6) is -0.507. The number of pyridine rings is 1. The number of hydrogen-bond acceptors (Lipinski definition) is 5. The minimum Gasteiger partial charge on any atom is -0.463 e. The second-order valence-electron chi connectivity index (χ2n) is 4.73. The Morgan fingerprint density at radius 3 is 2.57 bits per heavy atom. The van der Waals surface area contributed by atoms with Crippen molar-refractivity contribution >= 4 is 23.6 Å². The van der Waals surface area contributed by atoms with Crippen molar-refractivity contribution in [3.05, 3.63) is 60.4 Å². The van der Waals surface area contributed by atoms with Gasteiger partial charge in [-0.15, -0.1) is 11.8 Å². The van der Waals surface area contributed by atoms with Crippen molar-refractivity contribution in [2.75, 3.05) is 13.2 Å². The topological polar surface area (TPSA) is 68.3 Å². The van der Waals surface area contributed by atoms with E-state index in [9.17, 15) is 9.59 Å². The molecular formula is C17H18N2O3S. The van der Waals surface area contributed by atoms with Gasteiger partial charge in [0, 0.05) is 22.9 Å². The number of amides is 1. The lowest BCUT2D eigenvalue weighted by atomic mass is 10.2. The number of hydrogen-bond donors (Lipinski definition) is 1. The van der Waals surface area contributed by atoms with Crippen LogP contribution in [0.5, 0.6) is 0 Å². The Balaban J connectivity index is 1.67. The summed E-state index contributed by atoms with van der Waals surface area (Å²) in [6.07, 6.45) is 3.11. The molecular weight excluding hydrogens is 312 g/mol. The third-order valence-electron chi connectivity index (χ3n) is 2.96. The number of aromatic nitrogens is 1. The third kappa shape index (κ3) is 5.75. The van der Waals surface area contributed by atoms with E-state index in [0.29, 0.717) is 5.56 Å². The van der Waals surface area contributed by atoms with Crippen LogP contribution in [0.25, 0.3) is 0 Å². The maximum atomic E-state index is 11.9. The molecule has 1 N–H and O–H groups in total. The molecule has 0 fully saturated rings. The fraction of sp³-hybridized carbons (Fsp3) is 0.235. The van der Waals surface area contributed by atoms with Gasteiger partial charge in [0.2, 0.25) is 0 Å². The fourth-order valence-electron chi connectivity index (χ4n) is 1.79. The summed E-state index contributed by atoms with van der Waals surface area (Å²) < 4.78 is 5.18. The second kappa shape index (κ2) is 8.95. The van der Waals surface area contributed by atoms with Crippen LogP contribution < -0.4 is 5.32 Å². The Bertz CT molecular complexity index is 635. The number of nitrogens with zero attached hydrogens (tertiary/aromatic N) is 1. The summed E-state index contributed by atoms with van der Waals surface area (Å²) >= 11 is 1.44. The number of esters is 1. The summed E-state index contributed by atoms with van der Waals surface area (Å²) in [4.78, 5) is 28.5. The highest BCUT2D eigenvalue weighted by Crippen LogP contribution is 2.23. The van der Waals surface area contributed by atoms with Gasteiger partial charge >= 0.3 is 5.97 Å². The van der Waals surface area contributed by atoms with E-state index in [1.54, 1.807) is 31.5 Å². The summed E-state index contributed by atoms with van der Waals surface area (Å²) in [5, 5.41) is 2.39. The first-order valence-electron chi connectivity index (χ1n) is 7.23. The number of carbonyl (C=O) groups excluding carboxylic acids is 2. The van der Waals surface area contributed by atoms with Crippen LogP contribution in [0.15, 0.2) is 59.8 Å². The predicted molar refractivity (Wildman–Crippen MR) is 89.3 cm³/mol. The van der Waals surface area contributed by atoms with Crippen molar-refractivity contribution in [3.8, 4) is 0 Å². The first-order chi connectivity index (χ1) is 11.2. The standard InChI is InChI=1S/C17H18N2O3S/c1-13(23-15-5-3-2-4-6-15)17(21)22-12-11-19-16(20)14-7-9-18-10-8-14/h2-10,13H,11-12H2,1H3,(H,19,20). The highest BCUT2D eigenvalue weighted by molar-refractivity contribution is 8.00. The lowest BCUT2D eigenvalue weighted by molar-refractivity contribution is -0.142. The average Bonchev–Trinajstić information content (AvgIpc) is 2.60. The molecule has 0 aliphatic carbocycles. The minimum atomic E-state index is -0.298. The summed E-state index contributed by atoms with van der Waals surface area (Å²) in [5.41, 5.74) is 0.527. The normalized spacial score (nSPS) is 11.5. The summed E-state index contributed by atoms with van der Waals surface area (Å²) in [7, 11) is 0. The van der Waals surface area contributed by atoms with Gasteiger partial charge in [0.25, 0.3) is 5.91 Å². The van der Waals surface area contributed by atoms with Crippen LogP contribution in [0.3, 0.4) is 0 Å². The number of ether oxygens (including phenoxy) is 1. The monoisotopic (exact) mass is 330 g/mol. The Hall–Kier alpha value is -2.34. The largest absolute Gasteiger partial charge is 0.463 e. The molecule has 1 amide bonds. The molecule has 1 atom stereocenters. The maximum Gasteiger partial charge on any atom is 0.319 e. The van der Waals surface area contributed by atoms with Crippen molar-refractivity contribution in [1.82, 2.24) is 10.3 Å². The molecule has 0 spiro atoms. The number of nitrogens with one attached hydrogen (secondary N) is 1. The predicted octanol–water partition coefficient (Wildman–Crippen LogP) is 2.54. The lowest BCUT2D eigenvalue weighted by Crippen LogP contribution is -2.29. The van der Waals surface area contributed by atoms with Crippen molar-refractivity contribution in [3.63, 3.8) is 0 Å². The molecule has 1 aromatic heterocycles. The Morgan fingerprint density at radius 1 is 1.17 bits per heavy atom. The quantitative estimate of drug-likeness (QED) is 0.480. The van der Waals surface area contributed by atoms with Crippen molar-refractivity contribution in [2.24, 2.45) is 0 Å². The Morgan fingerprint density at radius 2 is 1.87 bits per heavy atom. The zero-order valence-electron chi connectivity index (χ0n) is 12.8. The molecule has 0 bridgehead atoms. The molecule has 0 saturated carbocycles. The Labute approximate surface area is 139 Å². The van der Waals surface area contributed by atoms with Crippen LogP contribution in [-0.2, 0) is 9.53 Å². The van der Waals surface area contributed by atoms with E-state index >= 15 is 0 Å². The number of carbonyl (C=O) groups is 2. The van der Waals surface area contributed by atoms with E-state index in [1.807, 2.05) is 30.3 Å². The van der Waals surface area contributed by atoms with Gasteiger partial charge in [0.1, 0.15) is 11.9 Å². The highest BCUT2D eigenvalue weighted by Gasteiger charge is 2.15. The zero-order valence-corrected chi connectivity index (χ0v) is 13.6. The maximum absolute atomic E-state index is 11.9. The van der Waals surface area contributed by atoms with Gasteiger partial charge in [-0.3, -0.25) is 14.6 Å². The van der Waals surface area contributed by atoms with Gasteiger partial charge in [-0.2, -0.15) is 0 Å². The van der Waals surface area contributed by atoms with Gasteiger partial charge in [0.05, 0.1) is 6.54 Å². The van der Waals surface area contributed by atoms with E-state index in [0.717, 1.165) is 4.90 Å². The van der Waals surface area contributed by atoms with Gasteiger partial charge in [-0.05, 0) is 31.2 Å². The molecule has 2 aromatic rings. The van der Waals surface area contributed by atoms with E-state index < -0.39 is 0 Å². The fourth-order valence-corrected chi connectivity index (χ4v) is 2.68. The van der Waals surface area contributed by atoms with Crippen molar-refractivity contribution < 1.29 is 14.3 Å². The van der Waals surface area contributed by atoms with Crippen molar-refractivity contribution in [1.29, 1.82) is 0 Å². The number of benzene rings is 1. The SMILES string of the molecule is CC(Sc1ccccc1)C(=O)OCCNC(=O)c1ccncc1. The molecule has 0 aliphatic rings. The number of rotatable bonds is 7. The van der Waals surface area contributed by atoms with E-state index in [-0.39, 0.29) is 30.3 Å². The van der Waals surface area contributed by atoms with Gasteiger partial charge in [-0.1, -0.05) is 18.2 Å². The molecule has 23 heavy (non-hydrogen) atoms. The van der Waals surface area contributed by atoms with Crippen LogP contribution in [0.2, 0.25) is 0 Å². The molecule has 2 rings (SSSR count). The van der Waals surface area contributed by atoms with Crippen LogP contribution in [0.4, 0.5) is 0 Å². The van der Waals surface area contributed by atoms with E-state index in [2.05, 4.69) is 10.3 Å². The molecule has 0 aliphatic heterocycles. The third-order valence-corrected chi connectivity index (χ3v) is 4.05. The molecule has 1 unspecified atom stereocenters.